The molecule has 1 nitrogen and oxygen atoms in total. The lowest BCUT2D eigenvalue weighted by Crippen LogP contribution is -2.19. The first kappa shape index (κ1) is 10.6. The molecule has 0 amide bonds. The van der Waals surface area contributed by atoms with Crippen molar-refractivity contribution in [2.45, 2.75) is 39.8 Å². The van der Waals surface area contributed by atoms with E-state index in [1.807, 2.05) is 12.1 Å². The largest absolute Gasteiger partial charge is 0.309 e. The number of hydrogen-bond donors (Lipinski definition) is 1. The molecule has 0 saturated heterocycles. The highest BCUT2D eigenvalue weighted by Crippen LogP contribution is 2.44. The Hall–Kier alpha value is -0.890. The number of benzene rings is 1. The maximum Gasteiger partial charge on any atom is 0.126 e. The standard InChI is InChI=1S/C13H18FN/c1-9-4-5-10(6-11(9)14)8-15-12-7-13(12,2)3/h4-6,12,15H,7-8H2,1-3H3. The second kappa shape index (κ2) is 3.60. The van der Waals surface area contributed by atoms with Gasteiger partial charge in [-0.3, -0.25) is 0 Å². The van der Waals surface area contributed by atoms with Crippen molar-refractivity contribution in [3.05, 3.63) is 35.1 Å². The summed E-state index contributed by atoms with van der Waals surface area (Å²) in [6.07, 6.45) is 1.22. The molecule has 1 fully saturated rings. The zero-order chi connectivity index (χ0) is 11.1. The summed E-state index contributed by atoms with van der Waals surface area (Å²) >= 11 is 0. The highest BCUT2D eigenvalue weighted by molar-refractivity contribution is 5.23. The Balaban J connectivity index is 1.92. The van der Waals surface area contributed by atoms with Gasteiger partial charge >= 0.3 is 0 Å². The molecule has 0 bridgehead atoms. The van der Waals surface area contributed by atoms with Gasteiger partial charge in [0.15, 0.2) is 0 Å². The van der Waals surface area contributed by atoms with Crippen molar-refractivity contribution in [2.75, 3.05) is 0 Å². The minimum atomic E-state index is -0.107. The van der Waals surface area contributed by atoms with Gasteiger partial charge in [-0.15, -0.1) is 0 Å². The zero-order valence-corrected chi connectivity index (χ0v) is 9.60. The summed E-state index contributed by atoms with van der Waals surface area (Å²) in [4.78, 5) is 0. The lowest BCUT2D eigenvalue weighted by Gasteiger charge is -2.07. The summed E-state index contributed by atoms with van der Waals surface area (Å²) in [5.41, 5.74) is 2.18. The van der Waals surface area contributed by atoms with Gasteiger partial charge in [-0.1, -0.05) is 26.0 Å². The van der Waals surface area contributed by atoms with Gasteiger partial charge in [0.25, 0.3) is 0 Å². The van der Waals surface area contributed by atoms with Crippen LogP contribution in [0.15, 0.2) is 18.2 Å². The third kappa shape index (κ3) is 2.37. The highest BCUT2D eigenvalue weighted by Gasteiger charge is 2.44. The fourth-order valence-corrected chi connectivity index (χ4v) is 1.80. The quantitative estimate of drug-likeness (QED) is 0.803. The molecule has 0 aliphatic heterocycles. The van der Waals surface area contributed by atoms with E-state index in [1.54, 1.807) is 13.0 Å². The number of halogens is 1. The lowest BCUT2D eigenvalue weighted by molar-refractivity contribution is 0.540. The van der Waals surface area contributed by atoms with Crippen molar-refractivity contribution in [1.29, 1.82) is 0 Å². The van der Waals surface area contributed by atoms with Crippen molar-refractivity contribution in [2.24, 2.45) is 5.41 Å². The van der Waals surface area contributed by atoms with Crippen molar-refractivity contribution < 1.29 is 4.39 Å². The smallest absolute Gasteiger partial charge is 0.126 e. The SMILES string of the molecule is Cc1ccc(CNC2CC2(C)C)cc1F. The van der Waals surface area contributed by atoms with Gasteiger partial charge in [-0.2, -0.15) is 0 Å². The van der Waals surface area contributed by atoms with Gasteiger partial charge in [0.1, 0.15) is 5.82 Å². The lowest BCUT2D eigenvalue weighted by atomic mass is 10.1. The molecular weight excluding hydrogens is 189 g/mol. The molecule has 2 rings (SSSR count). The van der Waals surface area contributed by atoms with Crippen LogP contribution in [0.3, 0.4) is 0 Å². The fourth-order valence-electron chi connectivity index (χ4n) is 1.80. The molecule has 15 heavy (non-hydrogen) atoms. The van der Waals surface area contributed by atoms with Crippen molar-refractivity contribution in [3.63, 3.8) is 0 Å². The molecular formula is C13H18FN. The third-order valence-corrected chi connectivity index (χ3v) is 3.30. The first-order valence-corrected chi connectivity index (χ1v) is 5.47. The van der Waals surface area contributed by atoms with Crippen LogP contribution >= 0.6 is 0 Å². The molecule has 2 heteroatoms. The molecule has 0 radical (unpaired) electrons. The molecule has 1 aromatic rings. The van der Waals surface area contributed by atoms with Crippen LogP contribution in [0.1, 0.15) is 31.4 Å². The minimum absolute atomic E-state index is 0.107. The van der Waals surface area contributed by atoms with Crippen LogP contribution in [0, 0.1) is 18.2 Å². The molecule has 0 heterocycles. The topological polar surface area (TPSA) is 12.0 Å². The van der Waals surface area contributed by atoms with E-state index < -0.39 is 0 Å². The molecule has 1 aromatic carbocycles. The van der Waals surface area contributed by atoms with Gasteiger partial charge in [-0.05, 0) is 36.0 Å². The molecule has 1 unspecified atom stereocenters. The average molecular weight is 207 g/mol. The van der Waals surface area contributed by atoms with Crippen LogP contribution in [0.25, 0.3) is 0 Å². The van der Waals surface area contributed by atoms with Crippen LogP contribution in [-0.4, -0.2) is 6.04 Å². The van der Waals surface area contributed by atoms with Crippen molar-refractivity contribution in [3.8, 4) is 0 Å². The van der Waals surface area contributed by atoms with E-state index >= 15 is 0 Å². The Morgan fingerprint density at radius 1 is 1.47 bits per heavy atom. The fraction of sp³-hybridized carbons (Fsp3) is 0.538. The van der Waals surface area contributed by atoms with E-state index in [1.165, 1.54) is 6.42 Å². The van der Waals surface area contributed by atoms with Crippen LogP contribution in [0.2, 0.25) is 0 Å². The number of hydrogen-bond acceptors (Lipinski definition) is 1. The van der Waals surface area contributed by atoms with E-state index in [-0.39, 0.29) is 5.82 Å². The monoisotopic (exact) mass is 207 g/mol. The summed E-state index contributed by atoms with van der Waals surface area (Å²) in [6, 6.07) is 6.05. The van der Waals surface area contributed by atoms with Crippen molar-refractivity contribution in [1.82, 2.24) is 5.32 Å². The Morgan fingerprint density at radius 3 is 2.67 bits per heavy atom. The minimum Gasteiger partial charge on any atom is -0.309 e. The third-order valence-electron chi connectivity index (χ3n) is 3.30. The van der Waals surface area contributed by atoms with Crippen LogP contribution in [-0.2, 0) is 6.54 Å². The number of aryl methyl sites for hydroxylation is 1. The molecule has 1 N–H and O–H groups in total. The highest BCUT2D eigenvalue weighted by atomic mass is 19.1. The van der Waals surface area contributed by atoms with Gasteiger partial charge in [0, 0.05) is 12.6 Å². The summed E-state index contributed by atoms with van der Waals surface area (Å²) in [6.45, 7) is 7.06. The van der Waals surface area contributed by atoms with Crippen LogP contribution < -0.4 is 5.32 Å². The maximum absolute atomic E-state index is 13.2. The van der Waals surface area contributed by atoms with Crippen LogP contribution in [0.4, 0.5) is 4.39 Å². The van der Waals surface area contributed by atoms with Gasteiger partial charge in [0.05, 0.1) is 0 Å². The molecule has 0 aromatic heterocycles. The van der Waals surface area contributed by atoms with E-state index in [0.717, 1.165) is 12.1 Å². The predicted molar refractivity (Wildman–Crippen MR) is 60.2 cm³/mol. The maximum atomic E-state index is 13.2. The Labute approximate surface area is 90.7 Å². The molecule has 82 valence electrons. The second-order valence-corrected chi connectivity index (χ2v) is 5.21. The average Bonchev–Trinajstić information content (AvgIpc) is 2.77. The van der Waals surface area contributed by atoms with Gasteiger partial charge < -0.3 is 5.32 Å². The first-order chi connectivity index (χ1) is 6.99. The van der Waals surface area contributed by atoms with E-state index in [9.17, 15) is 4.39 Å². The summed E-state index contributed by atoms with van der Waals surface area (Å²) in [5, 5.41) is 3.44. The van der Waals surface area contributed by atoms with Gasteiger partial charge in [0.2, 0.25) is 0 Å². The van der Waals surface area contributed by atoms with Crippen LogP contribution in [0.5, 0.6) is 0 Å². The Bertz CT molecular complexity index is 371. The summed E-state index contributed by atoms with van der Waals surface area (Å²) in [5.74, 6) is -0.107. The molecule has 1 aliphatic rings. The zero-order valence-electron chi connectivity index (χ0n) is 9.60. The first-order valence-electron chi connectivity index (χ1n) is 5.47. The molecule has 1 atom stereocenters. The Kier molecular flexibility index (Phi) is 2.55. The Morgan fingerprint density at radius 2 is 2.13 bits per heavy atom. The molecule has 0 spiro atoms. The summed E-state index contributed by atoms with van der Waals surface area (Å²) < 4.78 is 13.2. The second-order valence-electron chi connectivity index (χ2n) is 5.21. The van der Waals surface area contributed by atoms with Gasteiger partial charge in [-0.25, -0.2) is 4.39 Å². The summed E-state index contributed by atoms with van der Waals surface area (Å²) in [7, 11) is 0. The normalized spacial score (nSPS) is 22.8. The molecule has 1 saturated carbocycles. The van der Waals surface area contributed by atoms with E-state index in [2.05, 4.69) is 19.2 Å². The van der Waals surface area contributed by atoms with E-state index in [0.29, 0.717) is 17.0 Å². The molecule has 1 aliphatic carbocycles. The predicted octanol–water partition coefficient (Wildman–Crippen LogP) is 3.02. The van der Waals surface area contributed by atoms with Crippen molar-refractivity contribution >= 4 is 0 Å². The van der Waals surface area contributed by atoms with E-state index in [4.69, 9.17) is 0 Å². The number of rotatable bonds is 3. The number of nitrogens with one attached hydrogen (secondary N) is 1.